The number of carbonyl (C=O) groups excluding carboxylic acids is 2. The molecular formula is C22H19NO4S. The second-order valence-corrected chi connectivity index (χ2v) is 7.56. The highest BCUT2D eigenvalue weighted by Crippen LogP contribution is 2.39. The summed E-state index contributed by atoms with van der Waals surface area (Å²) in [6.45, 7) is 0. The molecule has 2 aromatic carbocycles. The van der Waals surface area contributed by atoms with Crippen LogP contribution in [0.15, 0.2) is 54.6 Å². The molecule has 28 heavy (non-hydrogen) atoms. The number of esters is 1. The first kappa shape index (κ1) is 18.3. The van der Waals surface area contributed by atoms with E-state index in [1.54, 1.807) is 24.3 Å². The molecule has 1 N–H and O–H groups in total. The highest BCUT2D eigenvalue weighted by molar-refractivity contribution is 7.17. The molecule has 0 bridgehead atoms. The Morgan fingerprint density at radius 3 is 2.57 bits per heavy atom. The van der Waals surface area contributed by atoms with E-state index in [9.17, 15) is 9.59 Å². The standard InChI is InChI=1S/C22H19NO4S/c1-26-22(25)19-17-11-6-12-18(17)28-21(19)23-20(24)14-7-5-10-16(13-14)27-15-8-3-2-4-9-15/h2-5,7-10,13H,6,11-12H2,1H3,(H,23,24). The molecule has 6 heteroatoms. The average Bonchev–Trinajstić information content (AvgIpc) is 3.29. The molecule has 1 aliphatic rings. The van der Waals surface area contributed by atoms with Crippen LogP contribution in [-0.4, -0.2) is 19.0 Å². The molecular weight excluding hydrogens is 374 g/mol. The molecule has 1 heterocycles. The number of fused-ring (bicyclic) bond motifs is 1. The average molecular weight is 393 g/mol. The Kier molecular flexibility index (Phi) is 5.12. The second-order valence-electron chi connectivity index (χ2n) is 6.45. The molecule has 0 fully saturated rings. The van der Waals surface area contributed by atoms with E-state index in [0.29, 0.717) is 27.6 Å². The van der Waals surface area contributed by atoms with Crippen LogP contribution in [0, 0.1) is 0 Å². The van der Waals surface area contributed by atoms with E-state index in [4.69, 9.17) is 9.47 Å². The third-order valence-electron chi connectivity index (χ3n) is 4.61. The highest BCUT2D eigenvalue weighted by Gasteiger charge is 2.28. The number of aryl methyl sites for hydroxylation is 1. The van der Waals surface area contributed by atoms with Gasteiger partial charge in [0.25, 0.3) is 5.91 Å². The van der Waals surface area contributed by atoms with Crippen molar-refractivity contribution in [2.24, 2.45) is 0 Å². The second kappa shape index (κ2) is 7.86. The molecule has 5 nitrogen and oxygen atoms in total. The van der Waals surface area contributed by atoms with Crippen LogP contribution in [0.25, 0.3) is 0 Å². The van der Waals surface area contributed by atoms with Crippen molar-refractivity contribution in [2.45, 2.75) is 19.3 Å². The molecule has 3 aromatic rings. The van der Waals surface area contributed by atoms with Crippen LogP contribution in [0.2, 0.25) is 0 Å². The fraction of sp³-hybridized carbons (Fsp3) is 0.182. The maximum atomic E-state index is 12.8. The molecule has 0 spiro atoms. The van der Waals surface area contributed by atoms with Crippen LogP contribution in [0.1, 0.15) is 37.6 Å². The van der Waals surface area contributed by atoms with Crippen molar-refractivity contribution in [3.05, 3.63) is 76.2 Å². The zero-order valence-corrected chi connectivity index (χ0v) is 16.2. The van der Waals surface area contributed by atoms with E-state index in [2.05, 4.69) is 5.32 Å². The molecule has 0 saturated heterocycles. The summed E-state index contributed by atoms with van der Waals surface area (Å²) in [5.41, 5.74) is 1.95. The largest absolute Gasteiger partial charge is 0.465 e. The molecule has 0 radical (unpaired) electrons. The number of ether oxygens (including phenoxy) is 2. The van der Waals surface area contributed by atoms with Crippen molar-refractivity contribution in [1.82, 2.24) is 0 Å². The Hall–Kier alpha value is -3.12. The minimum Gasteiger partial charge on any atom is -0.465 e. The van der Waals surface area contributed by atoms with Gasteiger partial charge in [-0.05, 0) is 55.2 Å². The maximum Gasteiger partial charge on any atom is 0.341 e. The third kappa shape index (κ3) is 3.64. The lowest BCUT2D eigenvalue weighted by atomic mass is 10.1. The predicted molar refractivity (Wildman–Crippen MR) is 109 cm³/mol. The monoisotopic (exact) mass is 393 g/mol. The van der Waals surface area contributed by atoms with Gasteiger partial charge in [-0.1, -0.05) is 24.3 Å². The van der Waals surface area contributed by atoms with Crippen molar-refractivity contribution in [1.29, 1.82) is 0 Å². The first-order chi connectivity index (χ1) is 13.7. The van der Waals surface area contributed by atoms with E-state index in [-0.39, 0.29) is 5.91 Å². The lowest BCUT2D eigenvalue weighted by molar-refractivity contribution is 0.0601. The molecule has 1 amide bonds. The number of thiophene rings is 1. The number of methoxy groups -OCH3 is 1. The van der Waals surface area contributed by atoms with Gasteiger partial charge in [-0.2, -0.15) is 0 Å². The van der Waals surface area contributed by atoms with E-state index in [1.807, 2.05) is 30.3 Å². The van der Waals surface area contributed by atoms with Gasteiger partial charge in [0, 0.05) is 10.4 Å². The number of hydrogen-bond donors (Lipinski definition) is 1. The van der Waals surface area contributed by atoms with Gasteiger partial charge >= 0.3 is 5.97 Å². The van der Waals surface area contributed by atoms with Crippen molar-refractivity contribution in [3.8, 4) is 11.5 Å². The van der Waals surface area contributed by atoms with Gasteiger partial charge in [0.15, 0.2) is 0 Å². The van der Waals surface area contributed by atoms with Gasteiger partial charge in [-0.3, -0.25) is 4.79 Å². The summed E-state index contributed by atoms with van der Waals surface area (Å²) in [5, 5.41) is 3.44. The number of anilines is 1. The molecule has 142 valence electrons. The summed E-state index contributed by atoms with van der Waals surface area (Å²) < 4.78 is 10.7. The van der Waals surface area contributed by atoms with Crippen molar-refractivity contribution in [2.75, 3.05) is 12.4 Å². The van der Waals surface area contributed by atoms with Gasteiger partial charge in [0.2, 0.25) is 0 Å². The summed E-state index contributed by atoms with van der Waals surface area (Å²) in [7, 11) is 1.36. The molecule has 0 saturated carbocycles. The Labute approximate surface area is 166 Å². The molecule has 0 aliphatic heterocycles. The van der Waals surface area contributed by atoms with Crippen LogP contribution in [0.3, 0.4) is 0 Å². The minimum absolute atomic E-state index is 0.288. The molecule has 4 rings (SSSR count). The number of hydrogen-bond acceptors (Lipinski definition) is 5. The Morgan fingerprint density at radius 1 is 1.00 bits per heavy atom. The Balaban J connectivity index is 1.56. The van der Waals surface area contributed by atoms with E-state index in [1.165, 1.54) is 18.4 Å². The van der Waals surface area contributed by atoms with E-state index < -0.39 is 5.97 Å². The molecule has 1 aromatic heterocycles. The number of benzene rings is 2. The van der Waals surface area contributed by atoms with Crippen molar-refractivity contribution >= 4 is 28.2 Å². The number of para-hydroxylation sites is 1. The van der Waals surface area contributed by atoms with Crippen molar-refractivity contribution < 1.29 is 19.1 Å². The Morgan fingerprint density at radius 2 is 1.79 bits per heavy atom. The fourth-order valence-corrected chi connectivity index (χ4v) is 4.58. The van der Waals surface area contributed by atoms with Crippen LogP contribution < -0.4 is 10.1 Å². The van der Waals surface area contributed by atoms with Gasteiger partial charge in [0.05, 0.1) is 12.7 Å². The minimum atomic E-state index is -0.407. The van der Waals surface area contributed by atoms with Crippen LogP contribution >= 0.6 is 11.3 Å². The number of carbonyl (C=O) groups is 2. The molecule has 0 atom stereocenters. The summed E-state index contributed by atoms with van der Waals surface area (Å²) >= 11 is 1.46. The zero-order valence-electron chi connectivity index (χ0n) is 15.4. The third-order valence-corrected chi connectivity index (χ3v) is 5.82. The van der Waals surface area contributed by atoms with Crippen LogP contribution in [-0.2, 0) is 17.6 Å². The summed E-state index contributed by atoms with van der Waals surface area (Å²) in [6.07, 6.45) is 2.80. The number of amides is 1. The lowest BCUT2D eigenvalue weighted by Gasteiger charge is -2.09. The fourth-order valence-electron chi connectivity index (χ4n) is 3.31. The lowest BCUT2D eigenvalue weighted by Crippen LogP contribution is -2.14. The zero-order chi connectivity index (χ0) is 19.5. The summed E-state index contributed by atoms with van der Waals surface area (Å²) in [4.78, 5) is 26.2. The first-order valence-electron chi connectivity index (χ1n) is 9.03. The number of rotatable bonds is 5. The topological polar surface area (TPSA) is 64.6 Å². The molecule has 1 aliphatic carbocycles. The Bertz CT molecular complexity index is 1030. The predicted octanol–water partition coefficient (Wildman–Crippen LogP) is 5.07. The highest BCUT2D eigenvalue weighted by atomic mass is 32.1. The smallest absolute Gasteiger partial charge is 0.341 e. The van der Waals surface area contributed by atoms with Gasteiger partial charge in [-0.15, -0.1) is 11.3 Å². The van der Waals surface area contributed by atoms with Crippen LogP contribution in [0.5, 0.6) is 11.5 Å². The normalized spacial score (nSPS) is 12.3. The van der Waals surface area contributed by atoms with Gasteiger partial charge < -0.3 is 14.8 Å². The van der Waals surface area contributed by atoms with E-state index >= 15 is 0 Å². The first-order valence-corrected chi connectivity index (χ1v) is 9.84. The summed E-state index contributed by atoms with van der Waals surface area (Å²) in [6, 6.07) is 16.3. The quantitative estimate of drug-likeness (QED) is 0.615. The SMILES string of the molecule is COC(=O)c1c(NC(=O)c2cccc(Oc3ccccc3)c2)sc2c1CCC2. The maximum absolute atomic E-state index is 12.8. The van der Waals surface area contributed by atoms with E-state index in [0.717, 1.165) is 29.7 Å². The molecule has 0 unspecified atom stereocenters. The van der Waals surface area contributed by atoms with Crippen molar-refractivity contribution in [3.63, 3.8) is 0 Å². The van der Waals surface area contributed by atoms with Gasteiger partial charge in [-0.25, -0.2) is 4.79 Å². The van der Waals surface area contributed by atoms with Gasteiger partial charge in [0.1, 0.15) is 16.5 Å². The number of nitrogens with one attached hydrogen (secondary N) is 1. The summed E-state index contributed by atoms with van der Waals surface area (Å²) in [5.74, 6) is 0.572. The van der Waals surface area contributed by atoms with Crippen LogP contribution in [0.4, 0.5) is 5.00 Å².